The number of amides is 2. The standard InChI is InChI=1S/C24H25ClFN3O2S/c1-16-3-8-20(15-21(16)25)27-24-29(11-2-14-32-24)23(31)18-9-12-28(13-10-18)22(30)17-4-6-19(26)7-5-17/h3-8,15,18H,2,9-14H2,1H3. The van der Waals surface area contributed by atoms with Gasteiger partial charge in [0.2, 0.25) is 5.91 Å². The second-order valence-corrected chi connectivity index (χ2v) is 9.56. The van der Waals surface area contributed by atoms with E-state index in [4.69, 9.17) is 16.6 Å². The number of carbonyl (C=O) groups is 2. The first-order valence-corrected chi connectivity index (χ1v) is 12.1. The predicted molar refractivity (Wildman–Crippen MR) is 127 cm³/mol. The van der Waals surface area contributed by atoms with Gasteiger partial charge in [0.1, 0.15) is 5.82 Å². The summed E-state index contributed by atoms with van der Waals surface area (Å²) in [6, 6.07) is 11.2. The van der Waals surface area contributed by atoms with Gasteiger partial charge in [0.05, 0.1) is 5.69 Å². The third kappa shape index (κ3) is 5.15. The molecule has 2 aromatic carbocycles. The first kappa shape index (κ1) is 22.8. The number of halogens is 2. The van der Waals surface area contributed by atoms with E-state index in [0.717, 1.165) is 23.4 Å². The van der Waals surface area contributed by atoms with E-state index in [1.807, 2.05) is 25.1 Å². The van der Waals surface area contributed by atoms with E-state index in [9.17, 15) is 14.0 Å². The number of amidine groups is 1. The fourth-order valence-corrected chi connectivity index (χ4v) is 5.08. The van der Waals surface area contributed by atoms with Crippen molar-refractivity contribution in [1.29, 1.82) is 0 Å². The molecule has 8 heteroatoms. The molecule has 2 fully saturated rings. The third-order valence-electron chi connectivity index (χ3n) is 5.86. The highest BCUT2D eigenvalue weighted by Crippen LogP contribution is 2.29. The van der Waals surface area contributed by atoms with Crippen molar-refractivity contribution < 1.29 is 14.0 Å². The molecule has 0 atom stereocenters. The highest BCUT2D eigenvalue weighted by atomic mass is 35.5. The van der Waals surface area contributed by atoms with Gasteiger partial charge in [0.25, 0.3) is 5.91 Å². The number of aliphatic imine (C=N–C) groups is 1. The van der Waals surface area contributed by atoms with Crippen LogP contribution in [0.15, 0.2) is 47.5 Å². The molecule has 168 valence electrons. The molecule has 0 aromatic heterocycles. The number of aryl methyl sites for hydroxylation is 1. The van der Waals surface area contributed by atoms with Crippen LogP contribution in [0, 0.1) is 18.7 Å². The zero-order valence-corrected chi connectivity index (χ0v) is 19.5. The Morgan fingerprint density at radius 2 is 1.81 bits per heavy atom. The lowest BCUT2D eigenvalue weighted by Gasteiger charge is -2.35. The van der Waals surface area contributed by atoms with E-state index in [1.54, 1.807) is 21.6 Å². The van der Waals surface area contributed by atoms with Crippen molar-refractivity contribution in [2.24, 2.45) is 10.9 Å². The Kier molecular flexibility index (Phi) is 7.16. The Hall–Kier alpha value is -2.38. The largest absolute Gasteiger partial charge is 0.339 e. The van der Waals surface area contributed by atoms with Gasteiger partial charge in [-0.25, -0.2) is 9.38 Å². The topological polar surface area (TPSA) is 53.0 Å². The molecular weight excluding hydrogens is 449 g/mol. The summed E-state index contributed by atoms with van der Waals surface area (Å²) < 4.78 is 13.1. The lowest BCUT2D eigenvalue weighted by atomic mass is 9.94. The van der Waals surface area contributed by atoms with E-state index in [1.165, 1.54) is 24.3 Å². The van der Waals surface area contributed by atoms with E-state index < -0.39 is 0 Å². The average Bonchev–Trinajstić information content (AvgIpc) is 2.81. The van der Waals surface area contributed by atoms with Crippen molar-refractivity contribution in [3.8, 4) is 0 Å². The molecular formula is C24H25ClFN3O2S. The summed E-state index contributed by atoms with van der Waals surface area (Å²) in [7, 11) is 0. The molecule has 2 aliphatic rings. The molecule has 2 saturated heterocycles. The summed E-state index contributed by atoms with van der Waals surface area (Å²) in [6.45, 7) is 3.61. The molecule has 0 aliphatic carbocycles. The minimum atomic E-state index is -0.365. The molecule has 2 amide bonds. The van der Waals surface area contributed by atoms with Gasteiger partial charge in [-0.1, -0.05) is 29.4 Å². The minimum absolute atomic E-state index is 0.0723. The summed E-state index contributed by atoms with van der Waals surface area (Å²) in [4.78, 5) is 34.2. The average molecular weight is 474 g/mol. The summed E-state index contributed by atoms with van der Waals surface area (Å²) in [5, 5.41) is 1.37. The molecule has 0 saturated carbocycles. The molecule has 0 bridgehead atoms. The normalized spacial score (nSPS) is 18.8. The zero-order chi connectivity index (χ0) is 22.7. The SMILES string of the molecule is Cc1ccc(N=C2SCCCN2C(=O)C2CCN(C(=O)c3ccc(F)cc3)CC2)cc1Cl. The lowest BCUT2D eigenvalue weighted by molar-refractivity contribution is -0.132. The van der Waals surface area contributed by atoms with Gasteiger partial charge < -0.3 is 4.90 Å². The zero-order valence-electron chi connectivity index (χ0n) is 17.9. The fourth-order valence-electron chi connectivity index (χ4n) is 3.94. The van der Waals surface area contributed by atoms with Gasteiger partial charge in [-0.15, -0.1) is 0 Å². The van der Waals surface area contributed by atoms with Crippen LogP contribution in [0.4, 0.5) is 10.1 Å². The predicted octanol–water partition coefficient (Wildman–Crippen LogP) is 5.29. The van der Waals surface area contributed by atoms with Crippen LogP contribution < -0.4 is 0 Å². The Balaban J connectivity index is 1.42. The Bertz CT molecular complexity index is 1040. The molecule has 32 heavy (non-hydrogen) atoms. The van der Waals surface area contributed by atoms with Crippen molar-refractivity contribution in [2.45, 2.75) is 26.2 Å². The molecule has 2 aliphatic heterocycles. The quantitative estimate of drug-likeness (QED) is 0.608. The molecule has 0 N–H and O–H groups in total. The van der Waals surface area contributed by atoms with Crippen LogP contribution in [0.5, 0.6) is 0 Å². The Morgan fingerprint density at radius 1 is 1.09 bits per heavy atom. The maximum Gasteiger partial charge on any atom is 0.253 e. The number of benzene rings is 2. The van der Waals surface area contributed by atoms with Gasteiger partial charge in [0.15, 0.2) is 5.17 Å². The van der Waals surface area contributed by atoms with Crippen LogP contribution in [-0.2, 0) is 4.79 Å². The smallest absolute Gasteiger partial charge is 0.253 e. The molecule has 0 radical (unpaired) electrons. The number of likely N-dealkylation sites (tertiary alicyclic amines) is 1. The Labute approximate surface area is 196 Å². The number of piperidine rings is 1. The van der Waals surface area contributed by atoms with Crippen molar-refractivity contribution >= 4 is 46.0 Å². The maximum atomic E-state index is 13.3. The van der Waals surface area contributed by atoms with Crippen LogP contribution in [0.1, 0.15) is 35.2 Å². The molecule has 0 unspecified atom stereocenters. The summed E-state index contributed by atoms with van der Waals surface area (Å²) in [5.41, 5.74) is 2.19. The van der Waals surface area contributed by atoms with Crippen molar-refractivity contribution in [3.63, 3.8) is 0 Å². The second-order valence-electron chi connectivity index (χ2n) is 8.09. The number of carbonyl (C=O) groups excluding carboxylic acids is 2. The Morgan fingerprint density at radius 3 is 2.50 bits per heavy atom. The molecule has 4 rings (SSSR count). The first-order chi connectivity index (χ1) is 15.4. The van der Waals surface area contributed by atoms with Crippen molar-refractivity contribution in [3.05, 3.63) is 64.4 Å². The number of hydrogen-bond acceptors (Lipinski definition) is 4. The lowest BCUT2D eigenvalue weighted by Crippen LogP contribution is -2.47. The first-order valence-electron chi connectivity index (χ1n) is 10.8. The van der Waals surface area contributed by atoms with Gasteiger partial charge in [0, 0.05) is 41.9 Å². The monoisotopic (exact) mass is 473 g/mol. The summed E-state index contributed by atoms with van der Waals surface area (Å²) in [6.07, 6.45) is 2.14. The fraction of sp³-hybridized carbons (Fsp3) is 0.375. The summed E-state index contributed by atoms with van der Waals surface area (Å²) in [5.74, 6) is 0.367. The summed E-state index contributed by atoms with van der Waals surface area (Å²) >= 11 is 7.83. The van der Waals surface area contributed by atoms with Gasteiger partial charge in [-0.3, -0.25) is 14.5 Å². The van der Waals surface area contributed by atoms with E-state index in [2.05, 4.69) is 0 Å². The number of nitrogens with zero attached hydrogens (tertiary/aromatic N) is 3. The van der Waals surface area contributed by atoms with E-state index in [0.29, 0.717) is 48.2 Å². The van der Waals surface area contributed by atoms with Gasteiger partial charge in [-0.05, 0) is 68.1 Å². The number of hydrogen-bond donors (Lipinski definition) is 0. The van der Waals surface area contributed by atoms with Crippen LogP contribution in [0.3, 0.4) is 0 Å². The number of thioether (sulfide) groups is 1. The van der Waals surface area contributed by atoms with Crippen LogP contribution in [0.25, 0.3) is 0 Å². The third-order valence-corrected chi connectivity index (χ3v) is 7.33. The molecule has 5 nitrogen and oxygen atoms in total. The second kappa shape index (κ2) is 10.0. The van der Waals surface area contributed by atoms with Crippen LogP contribution in [-0.4, -0.2) is 52.2 Å². The van der Waals surface area contributed by atoms with Crippen molar-refractivity contribution in [2.75, 3.05) is 25.4 Å². The van der Waals surface area contributed by atoms with E-state index in [-0.39, 0.29) is 23.5 Å². The maximum absolute atomic E-state index is 13.3. The van der Waals surface area contributed by atoms with E-state index >= 15 is 0 Å². The molecule has 2 aromatic rings. The highest BCUT2D eigenvalue weighted by Gasteiger charge is 2.33. The van der Waals surface area contributed by atoms with Crippen molar-refractivity contribution in [1.82, 2.24) is 9.80 Å². The highest BCUT2D eigenvalue weighted by molar-refractivity contribution is 8.13. The van der Waals surface area contributed by atoms with Gasteiger partial charge >= 0.3 is 0 Å². The molecule has 2 heterocycles. The van der Waals surface area contributed by atoms with Crippen LogP contribution in [0.2, 0.25) is 5.02 Å². The molecule has 0 spiro atoms. The number of rotatable bonds is 3. The van der Waals surface area contributed by atoms with Gasteiger partial charge in [-0.2, -0.15) is 0 Å². The minimum Gasteiger partial charge on any atom is -0.339 e. The van der Waals surface area contributed by atoms with Crippen LogP contribution >= 0.6 is 23.4 Å².